The van der Waals surface area contributed by atoms with Crippen LogP contribution in [0.5, 0.6) is 0 Å². The van der Waals surface area contributed by atoms with Crippen molar-refractivity contribution in [2.75, 3.05) is 0 Å². The predicted octanol–water partition coefficient (Wildman–Crippen LogP) is 1.26. The van der Waals surface area contributed by atoms with E-state index in [-0.39, 0.29) is 12.5 Å². The molecule has 0 aromatic heterocycles. The third-order valence-electron chi connectivity index (χ3n) is 3.12. The monoisotopic (exact) mass is 256 g/mol. The average molecular weight is 256 g/mol. The molecule has 0 aromatic rings. The number of aliphatic carboxylic acids is 1. The van der Waals surface area contributed by atoms with Gasteiger partial charge in [-0.15, -0.1) is 0 Å². The Bertz CT molecular complexity index is 346. The molecule has 0 radical (unpaired) electrons. The molecular weight excluding hydrogens is 236 g/mol. The predicted molar refractivity (Wildman–Crippen MR) is 65.0 cm³/mol. The zero-order valence-electron chi connectivity index (χ0n) is 10.8. The minimum Gasteiger partial charge on any atom is -0.481 e. The van der Waals surface area contributed by atoms with Crippen LogP contribution >= 0.6 is 0 Å². The van der Waals surface area contributed by atoms with Gasteiger partial charge in [0.05, 0.1) is 5.41 Å². The highest BCUT2D eigenvalue weighted by Gasteiger charge is 2.30. The number of amides is 3. The molecule has 0 heterocycles. The largest absolute Gasteiger partial charge is 0.481 e. The zero-order chi connectivity index (χ0) is 13.8. The summed E-state index contributed by atoms with van der Waals surface area (Å²) in [4.78, 5) is 33.8. The second-order valence-corrected chi connectivity index (χ2v) is 5.37. The summed E-state index contributed by atoms with van der Waals surface area (Å²) in [5.74, 6) is -1.63. The number of hydrogen-bond acceptors (Lipinski definition) is 3. The van der Waals surface area contributed by atoms with Crippen LogP contribution in [0, 0.1) is 5.41 Å². The molecule has 0 aliphatic heterocycles. The van der Waals surface area contributed by atoms with Crippen LogP contribution in [-0.2, 0) is 9.59 Å². The van der Waals surface area contributed by atoms with E-state index in [9.17, 15) is 14.4 Å². The van der Waals surface area contributed by atoms with E-state index in [1.807, 2.05) is 0 Å². The van der Waals surface area contributed by atoms with Crippen LogP contribution in [-0.4, -0.2) is 29.1 Å². The second-order valence-electron chi connectivity index (χ2n) is 5.37. The summed E-state index contributed by atoms with van der Waals surface area (Å²) in [6.45, 7) is 2.90. The lowest BCUT2D eigenvalue weighted by atomic mass is 9.89. The van der Waals surface area contributed by atoms with Crippen molar-refractivity contribution in [2.24, 2.45) is 5.41 Å². The first-order valence-electron chi connectivity index (χ1n) is 6.15. The van der Waals surface area contributed by atoms with Gasteiger partial charge in [-0.3, -0.25) is 14.9 Å². The van der Waals surface area contributed by atoms with Crippen LogP contribution < -0.4 is 10.6 Å². The fraction of sp³-hybridized carbons (Fsp3) is 0.750. The number of hydrogen-bond donors (Lipinski definition) is 3. The number of nitrogens with one attached hydrogen (secondary N) is 2. The minimum atomic E-state index is -1.17. The Morgan fingerprint density at radius 2 is 1.78 bits per heavy atom. The smallest absolute Gasteiger partial charge is 0.321 e. The van der Waals surface area contributed by atoms with E-state index in [0.717, 1.165) is 25.7 Å². The highest BCUT2D eigenvalue weighted by molar-refractivity contribution is 5.96. The topological polar surface area (TPSA) is 95.5 Å². The first-order valence-corrected chi connectivity index (χ1v) is 6.15. The quantitative estimate of drug-likeness (QED) is 0.705. The summed E-state index contributed by atoms with van der Waals surface area (Å²) in [7, 11) is 0. The molecule has 0 atom stereocenters. The molecule has 1 fully saturated rings. The molecular formula is C12H20N2O4. The van der Waals surface area contributed by atoms with Gasteiger partial charge in [0.25, 0.3) is 0 Å². The van der Waals surface area contributed by atoms with Crippen LogP contribution in [0.25, 0.3) is 0 Å². The van der Waals surface area contributed by atoms with Crippen molar-refractivity contribution in [1.29, 1.82) is 0 Å². The van der Waals surface area contributed by atoms with E-state index >= 15 is 0 Å². The maximum atomic E-state index is 11.5. The van der Waals surface area contributed by atoms with Gasteiger partial charge in [0.15, 0.2) is 0 Å². The molecule has 0 bridgehead atoms. The summed E-state index contributed by atoms with van der Waals surface area (Å²) in [6, 6.07) is -0.404. The standard InChI is InChI=1S/C12H20N2O4/c1-12(2,10(16)17)7-9(15)14-11(18)13-8-5-3-4-6-8/h8H,3-7H2,1-2H3,(H,16,17)(H2,13,14,15,18). The van der Waals surface area contributed by atoms with Crippen LogP contribution in [0.15, 0.2) is 0 Å². The molecule has 102 valence electrons. The lowest BCUT2D eigenvalue weighted by Gasteiger charge is -2.18. The minimum absolute atomic E-state index is 0.130. The number of urea groups is 1. The van der Waals surface area contributed by atoms with E-state index in [1.165, 1.54) is 13.8 Å². The highest BCUT2D eigenvalue weighted by Crippen LogP contribution is 2.20. The molecule has 3 N–H and O–H groups in total. The molecule has 3 amide bonds. The van der Waals surface area contributed by atoms with Crippen molar-refractivity contribution in [3.05, 3.63) is 0 Å². The molecule has 1 aliphatic rings. The lowest BCUT2D eigenvalue weighted by molar-refractivity contribution is -0.149. The van der Waals surface area contributed by atoms with Gasteiger partial charge in [0.1, 0.15) is 0 Å². The van der Waals surface area contributed by atoms with E-state index in [1.54, 1.807) is 0 Å². The molecule has 1 rings (SSSR count). The molecule has 1 aliphatic carbocycles. The average Bonchev–Trinajstić information content (AvgIpc) is 2.68. The summed E-state index contributed by atoms with van der Waals surface area (Å²) in [6.07, 6.45) is 3.82. The van der Waals surface area contributed by atoms with Crippen molar-refractivity contribution in [1.82, 2.24) is 10.6 Å². The lowest BCUT2D eigenvalue weighted by Crippen LogP contribution is -2.45. The fourth-order valence-corrected chi connectivity index (χ4v) is 1.94. The van der Waals surface area contributed by atoms with E-state index < -0.39 is 23.3 Å². The summed E-state index contributed by atoms with van der Waals surface area (Å²) in [5.41, 5.74) is -1.17. The molecule has 0 saturated heterocycles. The Hall–Kier alpha value is -1.59. The molecule has 6 heteroatoms. The van der Waals surface area contributed by atoms with E-state index in [0.29, 0.717) is 0 Å². The number of carboxylic acid groups (broad SMARTS) is 1. The number of carboxylic acids is 1. The first kappa shape index (κ1) is 14.5. The van der Waals surface area contributed by atoms with Gasteiger partial charge in [-0.25, -0.2) is 4.79 Å². The number of carbonyl (C=O) groups excluding carboxylic acids is 2. The number of rotatable bonds is 4. The first-order chi connectivity index (χ1) is 8.31. The van der Waals surface area contributed by atoms with Gasteiger partial charge in [-0.1, -0.05) is 12.8 Å². The van der Waals surface area contributed by atoms with Crippen LogP contribution in [0.4, 0.5) is 4.79 Å². The van der Waals surface area contributed by atoms with Crippen LogP contribution in [0.1, 0.15) is 46.0 Å². The van der Waals surface area contributed by atoms with Crippen molar-refractivity contribution >= 4 is 17.9 Å². The number of imide groups is 1. The van der Waals surface area contributed by atoms with Crippen LogP contribution in [0.2, 0.25) is 0 Å². The molecule has 0 aromatic carbocycles. The normalized spacial score (nSPS) is 16.3. The Morgan fingerprint density at radius 3 is 2.28 bits per heavy atom. The molecule has 6 nitrogen and oxygen atoms in total. The van der Waals surface area contributed by atoms with Gasteiger partial charge < -0.3 is 10.4 Å². The Morgan fingerprint density at radius 1 is 1.22 bits per heavy atom. The van der Waals surface area contributed by atoms with E-state index in [4.69, 9.17) is 5.11 Å². The van der Waals surface area contributed by atoms with Crippen molar-refractivity contribution in [2.45, 2.75) is 52.0 Å². The summed E-state index contributed by atoms with van der Waals surface area (Å²) >= 11 is 0. The Kier molecular flexibility index (Phi) is 4.69. The third-order valence-corrected chi connectivity index (χ3v) is 3.12. The number of carbonyl (C=O) groups is 3. The highest BCUT2D eigenvalue weighted by atomic mass is 16.4. The molecule has 1 saturated carbocycles. The van der Waals surface area contributed by atoms with Crippen LogP contribution in [0.3, 0.4) is 0 Å². The molecule has 18 heavy (non-hydrogen) atoms. The van der Waals surface area contributed by atoms with Crippen molar-refractivity contribution in [3.8, 4) is 0 Å². The second kappa shape index (κ2) is 5.84. The van der Waals surface area contributed by atoms with Gasteiger partial charge in [0, 0.05) is 12.5 Å². The third kappa shape index (κ3) is 4.35. The molecule has 0 unspecified atom stereocenters. The summed E-state index contributed by atoms with van der Waals surface area (Å²) in [5, 5.41) is 13.7. The summed E-state index contributed by atoms with van der Waals surface area (Å²) < 4.78 is 0. The SMILES string of the molecule is CC(C)(CC(=O)NC(=O)NC1CCCC1)C(=O)O. The Labute approximate surface area is 106 Å². The van der Waals surface area contributed by atoms with Gasteiger partial charge >= 0.3 is 12.0 Å². The van der Waals surface area contributed by atoms with E-state index in [2.05, 4.69) is 10.6 Å². The van der Waals surface area contributed by atoms with Gasteiger partial charge in [-0.05, 0) is 26.7 Å². The maximum Gasteiger partial charge on any atom is 0.321 e. The van der Waals surface area contributed by atoms with Gasteiger partial charge in [-0.2, -0.15) is 0 Å². The van der Waals surface area contributed by atoms with Crippen molar-refractivity contribution in [3.63, 3.8) is 0 Å². The fourth-order valence-electron chi connectivity index (χ4n) is 1.94. The molecule has 0 spiro atoms. The zero-order valence-corrected chi connectivity index (χ0v) is 10.8. The Balaban J connectivity index is 2.35. The van der Waals surface area contributed by atoms with Gasteiger partial charge in [0.2, 0.25) is 5.91 Å². The van der Waals surface area contributed by atoms with Crippen molar-refractivity contribution < 1.29 is 19.5 Å². The maximum absolute atomic E-state index is 11.5.